The van der Waals surface area contributed by atoms with Crippen molar-refractivity contribution in [2.45, 2.75) is 25.9 Å². The number of benzene rings is 2. The Morgan fingerprint density at radius 2 is 1.68 bits per heavy atom. The van der Waals surface area contributed by atoms with Gasteiger partial charge in [-0.1, -0.05) is 12.1 Å². The first-order chi connectivity index (χ1) is 13.4. The van der Waals surface area contributed by atoms with E-state index in [1.807, 2.05) is 0 Å². The SMILES string of the molecule is COc1cc(CCC(=O)NNC(=O)[C@H](C)Oc2ccccc2F)cc(OC)c1. The Hall–Kier alpha value is -3.29. The molecule has 2 aromatic rings. The molecule has 2 N–H and O–H groups in total. The minimum absolute atomic E-state index is 0.0385. The first-order valence-corrected chi connectivity index (χ1v) is 8.64. The molecule has 0 radical (unpaired) electrons. The third kappa shape index (κ3) is 6.15. The van der Waals surface area contributed by atoms with Gasteiger partial charge in [-0.3, -0.25) is 20.4 Å². The van der Waals surface area contributed by atoms with Gasteiger partial charge in [0.15, 0.2) is 17.7 Å². The molecule has 0 saturated heterocycles. The van der Waals surface area contributed by atoms with Gasteiger partial charge in [-0.15, -0.1) is 0 Å². The Morgan fingerprint density at radius 3 is 2.29 bits per heavy atom. The van der Waals surface area contributed by atoms with Gasteiger partial charge < -0.3 is 14.2 Å². The van der Waals surface area contributed by atoms with Crippen molar-refractivity contribution in [1.29, 1.82) is 0 Å². The van der Waals surface area contributed by atoms with Gasteiger partial charge in [-0.25, -0.2) is 4.39 Å². The van der Waals surface area contributed by atoms with Gasteiger partial charge in [0.2, 0.25) is 5.91 Å². The summed E-state index contributed by atoms with van der Waals surface area (Å²) in [5.41, 5.74) is 5.44. The smallest absolute Gasteiger partial charge is 0.279 e. The van der Waals surface area contributed by atoms with Crippen LogP contribution in [0.5, 0.6) is 17.2 Å². The number of nitrogens with one attached hydrogen (secondary N) is 2. The topological polar surface area (TPSA) is 85.9 Å². The first-order valence-electron chi connectivity index (χ1n) is 8.64. The van der Waals surface area contributed by atoms with Crippen molar-refractivity contribution in [3.05, 3.63) is 53.8 Å². The lowest BCUT2D eigenvalue weighted by Gasteiger charge is -2.15. The van der Waals surface area contributed by atoms with E-state index in [-0.39, 0.29) is 18.1 Å². The van der Waals surface area contributed by atoms with E-state index in [1.165, 1.54) is 25.1 Å². The van der Waals surface area contributed by atoms with E-state index in [9.17, 15) is 14.0 Å². The highest BCUT2D eigenvalue weighted by Crippen LogP contribution is 2.23. The number of hydrazine groups is 1. The number of carbonyl (C=O) groups is 2. The van der Waals surface area contributed by atoms with Gasteiger partial charge in [0.05, 0.1) is 14.2 Å². The van der Waals surface area contributed by atoms with Crippen LogP contribution >= 0.6 is 0 Å². The second-order valence-electron chi connectivity index (χ2n) is 5.95. The quantitative estimate of drug-likeness (QED) is 0.676. The number of hydrogen-bond donors (Lipinski definition) is 2. The summed E-state index contributed by atoms with van der Waals surface area (Å²) in [5, 5.41) is 0. The van der Waals surface area contributed by atoms with Gasteiger partial charge in [0, 0.05) is 12.5 Å². The number of amides is 2. The standard InChI is InChI=1S/C20H23FN2O5/c1-13(28-18-7-5-4-6-17(18)21)20(25)23-22-19(24)9-8-14-10-15(26-2)12-16(11-14)27-3/h4-7,10-13H,8-9H2,1-3H3,(H,22,24)(H,23,25)/t13-/m0/s1. The average molecular weight is 390 g/mol. The number of halogens is 1. The monoisotopic (exact) mass is 390 g/mol. The van der Waals surface area contributed by atoms with E-state index in [0.717, 1.165) is 5.56 Å². The molecule has 28 heavy (non-hydrogen) atoms. The van der Waals surface area contributed by atoms with E-state index >= 15 is 0 Å². The Kier molecular flexibility index (Phi) is 7.62. The molecule has 0 spiro atoms. The van der Waals surface area contributed by atoms with Gasteiger partial charge in [0.1, 0.15) is 11.5 Å². The molecule has 0 heterocycles. The van der Waals surface area contributed by atoms with Crippen LogP contribution in [0.2, 0.25) is 0 Å². The maximum atomic E-state index is 13.6. The molecule has 0 fully saturated rings. The lowest BCUT2D eigenvalue weighted by Crippen LogP contribution is -2.47. The minimum Gasteiger partial charge on any atom is -0.497 e. The summed E-state index contributed by atoms with van der Waals surface area (Å²) in [6.07, 6.45) is -0.421. The van der Waals surface area contributed by atoms with Gasteiger partial charge in [0.25, 0.3) is 5.91 Å². The van der Waals surface area contributed by atoms with Crippen LogP contribution < -0.4 is 25.1 Å². The summed E-state index contributed by atoms with van der Waals surface area (Å²) in [4.78, 5) is 24.0. The zero-order valence-corrected chi connectivity index (χ0v) is 16.0. The van der Waals surface area contributed by atoms with Crippen LogP contribution in [0.1, 0.15) is 18.9 Å². The maximum Gasteiger partial charge on any atom is 0.279 e. The van der Waals surface area contributed by atoms with Gasteiger partial charge in [-0.2, -0.15) is 0 Å². The second kappa shape index (κ2) is 10.1. The molecule has 0 saturated carbocycles. The largest absolute Gasteiger partial charge is 0.497 e. The predicted molar refractivity (Wildman–Crippen MR) is 101 cm³/mol. The molecule has 0 aromatic heterocycles. The number of para-hydroxylation sites is 1. The van der Waals surface area contributed by atoms with Crippen LogP contribution in [0.15, 0.2) is 42.5 Å². The molecule has 0 aliphatic heterocycles. The summed E-state index contributed by atoms with van der Waals surface area (Å²) in [6, 6.07) is 11.1. The molecule has 2 amide bonds. The first kappa shape index (κ1) is 21.0. The van der Waals surface area contributed by atoms with Crippen molar-refractivity contribution in [2.24, 2.45) is 0 Å². The Labute approximate surface area is 162 Å². The van der Waals surface area contributed by atoms with Crippen molar-refractivity contribution >= 4 is 11.8 Å². The zero-order valence-electron chi connectivity index (χ0n) is 16.0. The third-order valence-corrected chi connectivity index (χ3v) is 3.89. The highest BCUT2D eigenvalue weighted by molar-refractivity contribution is 5.84. The highest BCUT2D eigenvalue weighted by atomic mass is 19.1. The minimum atomic E-state index is -0.986. The molecule has 0 aliphatic rings. The van der Waals surface area contributed by atoms with Crippen molar-refractivity contribution in [2.75, 3.05) is 14.2 Å². The lowest BCUT2D eigenvalue weighted by atomic mass is 10.1. The van der Waals surface area contributed by atoms with Crippen LogP contribution in [-0.4, -0.2) is 32.1 Å². The molecular formula is C20H23FN2O5. The lowest BCUT2D eigenvalue weighted by molar-refractivity contribution is -0.132. The summed E-state index contributed by atoms with van der Waals surface area (Å²) in [5.74, 6) is -0.333. The van der Waals surface area contributed by atoms with E-state index < -0.39 is 17.8 Å². The Balaban J connectivity index is 1.80. The number of aryl methyl sites for hydroxylation is 1. The summed E-state index contributed by atoms with van der Waals surface area (Å²) in [6.45, 7) is 1.45. The molecule has 2 aromatic carbocycles. The van der Waals surface area contributed by atoms with E-state index in [1.54, 1.807) is 38.5 Å². The van der Waals surface area contributed by atoms with E-state index in [4.69, 9.17) is 14.2 Å². The molecule has 2 rings (SSSR count). The van der Waals surface area contributed by atoms with Crippen molar-refractivity contribution in [1.82, 2.24) is 10.9 Å². The summed E-state index contributed by atoms with van der Waals surface area (Å²) >= 11 is 0. The van der Waals surface area contributed by atoms with Crippen molar-refractivity contribution in [3.8, 4) is 17.2 Å². The van der Waals surface area contributed by atoms with Crippen LogP contribution in [0.3, 0.4) is 0 Å². The summed E-state index contributed by atoms with van der Waals surface area (Å²) < 4.78 is 29.2. The fourth-order valence-corrected chi connectivity index (χ4v) is 2.35. The number of carbonyl (C=O) groups excluding carboxylic acids is 2. The number of methoxy groups -OCH3 is 2. The molecule has 0 bridgehead atoms. The zero-order chi connectivity index (χ0) is 20.5. The van der Waals surface area contributed by atoms with Gasteiger partial charge >= 0.3 is 0 Å². The van der Waals surface area contributed by atoms with Crippen molar-refractivity contribution in [3.63, 3.8) is 0 Å². The van der Waals surface area contributed by atoms with E-state index in [2.05, 4.69) is 10.9 Å². The molecule has 0 aliphatic carbocycles. The van der Waals surface area contributed by atoms with Crippen molar-refractivity contribution < 1.29 is 28.2 Å². The fraction of sp³-hybridized carbons (Fsp3) is 0.300. The molecule has 1 atom stereocenters. The van der Waals surface area contributed by atoms with Gasteiger partial charge in [-0.05, 0) is 43.2 Å². The van der Waals surface area contributed by atoms with Crippen LogP contribution in [0, 0.1) is 5.82 Å². The molecule has 7 nitrogen and oxygen atoms in total. The van der Waals surface area contributed by atoms with Crippen LogP contribution in [0.25, 0.3) is 0 Å². The fourth-order valence-electron chi connectivity index (χ4n) is 2.35. The van der Waals surface area contributed by atoms with E-state index in [0.29, 0.717) is 17.9 Å². The average Bonchev–Trinajstić information content (AvgIpc) is 2.71. The normalized spacial score (nSPS) is 11.3. The molecular weight excluding hydrogens is 367 g/mol. The summed E-state index contributed by atoms with van der Waals surface area (Å²) in [7, 11) is 3.09. The Bertz CT molecular complexity index is 806. The highest BCUT2D eigenvalue weighted by Gasteiger charge is 2.17. The second-order valence-corrected chi connectivity index (χ2v) is 5.95. The third-order valence-electron chi connectivity index (χ3n) is 3.89. The number of ether oxygens (including phenoxy) is 3. The molecule has 150 valence electrons. The Morgan fingerprint density at radius 1 is 1.04 bits per heavy atom. The van der Waals surface area contributed by atoms with Crippen LogP contribution in [0.4, 0.5) is 4.39 Å². The van der Waals surface area contributed by atoms with Crippen LogP contribution in [-0.2, 0) is 16.0 Å². The molecule has 8 heteroatoms. The maximum absolute atomic E-state index is 13.6. The number of rotatable bonds is 8. The molecule has 0 unspecified atom stereocenters. The predicted octanol–water partition coefficient (Wildman–Crippen LogP) is 2.39. The number of hydrogen-bond acceptors (Lipinski definition) is 5.